The van der Waals surface area contributed by atoms with Gasteiger partial charge in [0.15, 0.2) is 0 Å². The molecule has 7 heteroatoms. The van der Waals surface area contributed by atoms with Crippen LogP contribution in [0.1, 0.15) is 40.0 Å². The van der Waals surface area contributed by atoms with Crippen LogP contribution in [0.3, 0.4) is 0 Å². The number of nitro groups is 1. The van der Waals surface area contributed by atoms with E-state index >= 15 is 0 Å². The van der Waals surface area contributed by atoms with Crippen LogP contribution in [0.2, 0.25) is 0 Å². The molecule has 1 atom stereocenters. The lowest BCUT2D eigenvalue weighted by Crippen LogP contribution is -2.24. The van der Waals surface area contributed by atoms with E-state index in [2.05, 4.69) is 0 Å². The van der Waals surface area contributed by atoms with Gasteiger partial charge in [0.2, 0.25) is 6.54 Å². The van der Waals surface area contributed by atoms with Crippen molar-refractivity contribution in [1.82, 2.24) is 0 Å². The summed E-state index contributed by atoms with van der Waals surface area (Å²) in [6.07, 6.45) is -1.50. The van der Waals surface area contributed by atoms with Crippen molar-refractivity contribution in [2.75, 3.05) is 6.54 Å². The Morgan fingerprint density at radius 3 is 2.47 bits per heavy atom. The summed E-state index contributed by atoms with van der Waals surface area (Å²) >= 11 is 0. The summed E-state index contributed by atoms with van der Waals surface area (Å²) in [6.45, 7) is 4.70. The highest BCUT2D eigenvalue weighted by atomic mass is 16.6. The maximum atomic E-state index is 11.5. The zero-order valence-corrected chi connectivity index (χ0v) is 11.3. The predicted octanol–water partition coefficient (Wildman–Crippen LogP) is 0.894. The zero-order valence-electron chi connectivity index (χ0n) is 11.3. The predicted molar refractivity (Wildman–Crippen MR) is 66.8 cm³/mol. The van der Waals surface area contributed by atoms with Crippen LogP contribution in [0.5, 0.6) is 0 Å². The minimum absolute atomic E-state index is 0.0464. The maximum Gasteiger partial charge on any atom is 0.311 e. The lowest BCUT2D eigenvalue weighted by atomic mass is 10.0. The first-order valence-corrected chi connectivity index (χ1v) is 5.88. The van der Waals surface area contributed by atoms with E-state index in [4.69, 9.17) is 4.74 Å². The Balaban J connectivity index is 4.27. The van der Waals surface area contributed by atoms with Crippen LogP contribution in [0, 0.1) is 10.1 Å². The average Bonchev–Trinajstić information content (AvgIpc) is 2.22. The van der Waals surface area contributed by atoms with Gasteiger partial charge >= 0.3 is 5.97 Å². The van der Waals surface area contributed by atoms with Crippen molar-refractivity contribution < 1.29 is 24.4 Å². The summed E-state index contributed by atoms with van der Waals surface area (Å²) in [6, 6.07) is 0. The largest absolute Gasteiger partial charge is 0.460 e. The third kappa shape index (κ3) is 9.93. The molecule has 108 valence electrons. The van der Waals surface area contributed by atoms with E-state index in [1.165, 1.54) is 0 Å². The summed E-state index contributed by atoms with van der Waals surface area (Å²) in [4.78, 5) is 31.7. The van der Waals surface area contributed by atoms with Crippen molar-refractivity contribution in [2.45, 2.75) is 51.7 Å². The molecular weight excluding hydrogens is 254 g/mol. The van der Waals surface area contributed by atoms with E-state index in [-0.39, 0.29) is 31.4 Å². The Bertz CT molecular complexity index is 378. The lowest BCUT2D eigenvalue weighted by Gasteiger charge is -2.19. The molecule has 0 saturated heterocycles. The second-order valence-electron chi connectivity index (χ2n) is 5.17. The number of aliphatic hydroxyl groups excluding tert-OH is 1. The molecule has 0 rings (SSSR count). The fourth-order valence-electron chi connectivity index (χ4n) is 1.34. The molecule has 7 nitrogen and oxygen atoms in total. The van der Waals surface area contributed by atoms with Crippen LogP contribution >= 0.6 is 0 Å². The molecule has 0 aromatic carbocycles. The number of ether oxygens (including phenoxy) is 1. The highest BCUT2D eigenvalue weighted by Gasteiger charge is 2.19. The smallest absolute Gasteiger partial charge is 0.311 e. The number of hydrogen-bond donors (Lipinski definition) is 1. The molecule has 0 radical (unpaired) electrons. The molecule has 0 amide bonds. The molecule has 0 heterocycles. The normalized spacial score (nSPS) is 12.4. The Labute approximate surface area is 111 Å². The molecular formula is C12H19NO6. The summed E-state index contributed by atoms with van der Waals surface area (Å²) in [7, 11) is 0. The first-order chi connectivity index (χ1) is 8.64. The van der Waals surface area contributed by atoms with Crippen molar-refractivity contribution in [3.63, 3.8) is 0 Å². The molecule has 0 spiro atoms. The molecule has 1 unspecified atom stereocenters. The number of nitrogens with zero attached hydrogens (tertiary/aromatic N) is 1. The van der Waals surface area contributed by atoms with Gasteiger partial charge in [0.25, 0.3) is 0 Å². The fourth-order valence-corrected chi connectivity index (χ4v) is 1.34. The summed E-state index contributed by atoms with van der Waals surface area (Å²) < 4.78 is 5.02. The molecule has 0 saturated carbocycles. The van der Waals surface area contributed by atoms with Crippen molar-refractivity contribution in [1.29, 1.82) is 0 Å². The highest BCUT2D eigenvalue weighted by molar-refractivity contribution is 5.76. The van der Waals surface area contributed by atoms with Crippen LogP contribution < -0.4 is 0 Å². The van der Waals surface area contributed by atoms with Gasteiger partial charge in [0, 0.05) is 23.3 Å². The van der Waals surface area contributed by atoms with Gasteiger partial charge in [-0.15, -0.1) is 0 Å². The standard InChI is InChI=1S/C12H19NO6/c1-12(2,3)19-11(16)7-9(8-14)6-10(15)4-5-13(17)18/h10,15H,4-7H2,1-3H3. The van der Waals surface area contributed by atoms with Gasteiger partial charge in [-0.25, -0.2) is 4.79 Å². The van der Waals surface area contributed by atoms with Gasteiger partial charge in [-0.05, 0) is 20.8 Å². The van der Waals surface area contributed by atoms with Crippen LogP contribution in [0.15, 0.2) is 5.57 Å². The van der Waals surface area contributed by atoms with E-state index in [0.29, 0.717) is 0 Å². The summed E-state index contributed by atoms with van der Waals surface area (Å²) in [5, 5.41) is 19.6. The van der Waals surface area contributed by atoms with Gasteiger partial charge < -0.3 is 9.84 Å². The molecule has 0 fully saturated rings. The van der Waals surface area contributed by atoms with Crippen molar-refractivity contribution >= 4 is 11.9 Å². The lowest BCUT2D eigenvalue weighted by molar-refractivity contribution is -0.482. The molecule has 0 aromatic rings. The van der Waals surface area contributed by atoms with Gasteiger partial charge in [-0.3, -0.25) is 14.9 Å². The highest BCUT2D eigenvalue weighted by Crippen LogP contribution is 2.14. The van der Waals surface area contributed by atoms with E-state index in [1.807, 2.05) is 0 Å². The van der Waals surface area contributed by atoms with Crippen molar-refractivity contribution in [3.8, 4) is 0 Å². The Morgan fingerprint density at radius 2 is 2.05 bits per heavy atom. The minimum Gasteiger partial charge on any atom is -0.460 e. The van der Waals surface area contributed by atoms with Crippen LogP contribution in [0.25, 0.3) is 0 Å². The fraction of sp³-hybridized carbons (Fsp3) is 0.750. The monoisotopic (exact) mass is 273 g/mol. The van der Waals surface area contributed by atoms with Gasteiger partial charge in [-0.1, -0.05) is 0 Å². The third-order valence-corrected chi connectivity index (χ3v) is 2.05. The Morgan fingerprint density at radius 1 is 1.47 bits per heavy atom. The molecule has 0 bridgehead atoms. The number of aliphatic hydroxyl groups is 1. The number of hydrogen-bond acceptors (Lipinski definition) is 6. The van der Waals surface area contributed by atoms with Gasteiger partial charge in [-0.2, -0.15) is 0 Å². The Hall–Kier alpha value is -1.72. The van der Waals surface area contributed by atoms with Crippen molar-refractivity contribution in [3.05, 3.63) is 15.7 Å². The second-order valence-corrected chi connectivity index (χ2v) is 5.17. The van der Waals surface area contributed by atoms with E-state index in [1.54, 1.807) is 26.7 Å². The molecule has 1 N–H and O–H groups in total. The number of rotatable bonds is 7. The van der Waals surface area contributed by atoms with E-state index < -0.39 is 22.6 Å². The van der Waals surface area contributed by atoms with E-state index in [0.717, 1.165) is 0 Å². The van der Waals surface area contributed by atoms with Crippen LogP contribution in [-0.2, 0) is 14.3 Å². The van der Waals surface area contributed by atoms with E-state index in [9.17, 15) is 24.8 Å². The van der Waals surface area contributed by atoms with Crippen molar-refractivity contribution in [2.24, 2.45) is 0 Å². The molecule has 19 heavy (non-hydrogen) atoms. The first kappa shape index (κ1) is 17.3. The minimum atomic E-state index is -1.04. The maximum absolute atomic E-state index is 11.5. The molecule has 0 aliphatic rings. The van der Waals surface area contributed by atoms with Gasteiger partial charge in [0.1, 0.15) is 11.5 Å². The van der Waals surface area contributed by atoms with Crippen LogP contribution in [0.4, 0.5) is 0 Å². The summed E-state index contributed by atoms with van der Waals surface area (Å²) in [5.74, 6) is 0.983. The quantitative estimate of drug-likeness (QED) is 0.319. The summed E-state index contributed by atoms with van der Waals surface area (Å²) in [5.41, 5.74) is -0.611. The SMILES string of the molecule is CC(C)(C)OC(=O)CC(=C=O)CC(O)CC[N+](=O)[O-]. The molecule has 0 aliphatic heterocycles. The third-order valence-electron chi connectivity index (χ3n) is 2.05. The van der Waals surface area contributed by atoms with Crippen LogP contribution in [-0.4, -0.2) is 40.2 Å². The average molecular weight is 273 g/mol. The Kier molecular flexibility index (Phi) is 6.96. The molecule has 0 aromatic heterocycles. The number of carbonyl (C=O) groups is 1. The first-order valence-electron chi connectivity index (χ1n) is 5.88. The molecule has 0 aliphatic carbocycles. The number of carbonyl (C=O) groups excluding carboxylic acids is 2. The topological polar surface area (TPSA) is 107 Å². The number of esters is 1. The zero-order chi connectivity index (χ0) is 15.1. The second kappa shape index (κ2) is 7.66. The van der Waals surface area contributed by atoms with Gasteiger partial charge in [0.05, 0.1) is 12.5 Å².